The van der Waals surface area contributed by atoms with E-state index in [4.69, 9.17) is 5.11 Å². The van der Waals surface area contributed by atoms with Gasteiger partial charge in [-0.1, -0.05) is 0 Å². The third-order valence-electron chi connectivity index (χ3n) is 4.41. The molecule has 0 spiro atoms. The first-order valence-corrected chi connectivity index (χ1v) is 9.02. The smallest absolute Gasteiger partial charge is 0.254 e. The number of rotatable bonds is 3. The van der Waals surface area contributed by atoms with Gasteiger partial charge in [-0.2, -0.15) is 5.10 Å². The Kier molecular flexibility index (Phi) is 4.24. The summed E-state index contributed by atoms with van der Waals surface area (Å²) in [4.78, 5) is 19.0. The first-order valence-electron chi connectivity index (χ1n) is 8.14. The summed E-state index contributed by atoms with van der Waals surface area (Å²) < 4.78 is 2.81. The number of benzene rings is 1. The van der Waals surface area contributed by atoms with Gasteiger partial charge in [-0.25, -0.2) is 4.98 Å². The van der Waals surface area contributed by atoms with Gasteiger partial charge in [-0.15, -0.1) is 11.3 Å². The van der Waals surface area contributed by atoms with Crippen LogP contribution in [0, 0.1) is 0 Å². The molecule has 0 aliphatic carbocycles. The number of aliphatic hydroxyl groups excluding tert-OH is 2. The van der Waals surface area contributed by atoms with Crippen LogP contribution in [0.4, 0.5) is 0 Å². The van der Waals surface area contributed by atoms with E-state index in [0.717, 1.165) is 22.3 Å². The molecule has 1 atom stereocenters. The molecule has 0 unspecified atom stereocenters. The molecule has 1 amide bonds. The maximum absolute atomic E-state index is 12.9. The molecular weight excluding hydrogens is 340 g/mol. The molecule has 8 heteroatoms. The summed E-state index contributed by atoms with van der Waals surface area (Å²) in [5.41, 5.74) is 4.64. The quantitative estimate of drug-likeness (QED) is 0.741. The third kappa shape index (κ3) is 3.04. The number of nitrogens with zero attached hydrogens (tertiary/aromatic N) is 4. The first-order chi connectivity index (χ1) is 12.2. The van der Waals surface area contributed by atoms with Crippen molar-refractivity contribution in [3.05, 3.63) is 46.7 Å². The Hall–Kier alpha value is -2.29. The van der Waals surface area contributed by atoms with Crippen LogP contribution in [-0.2, 0) is 13.1 Å². The highest BCUT2D eigenvalue weighted by Gasteiger charge is 2.23. The molecule has 0 saturated heterocycles. The van der Waals surface area contributed by atoms with E-state index in [-0.39, 0.29) is 12.5 Å². The van der Waals surface area contributed by atoms with Gasteiger partial charge in [-0.05, 0) is 30.7 Å². The molecule has 2 N–H and O–H groups in total. The second kappa shape index (κ2) is 6.55. The lowest BCUT2D eigenvalue weighted by Crippen LogP contribution is -2.30. The monoisotopic (exact) mass is 358 g/mol. The summed E-state index contributed by atoms with van der Waals surface area (Å²) >= 11 is 1.52. The lowest BCUT2D eigenvalue weighted by atomic mass is 10.1. The van der Waals surface area contributed by atoms with Crippen LogP contribution in [0.25, 0.3) is 10.2 Å². The van der Waals surface area contributed by atoms with E-state index in [1.807, 2.05) is 22.9 Å². The van der Waals surface area contributed by atoms with Crippen LogP contribution in [0.2, 0.25) is 0 Å². The Morgan fingerprint density at radius 1 is 1.32 bits per heavy atom. The maximum atomic E-state index is 12.9. The van der Waals surface area contributed by atoms with E-state index in [1.54, 1.807) is 16.5 Å². The molecule has 3 aromatic rings. The van der Waals surface area contributed by atoms with Crippen LogP contribution in [0.15, 0.2) is 29.8 Å². The zero-order valence-electron chi connectivity index (χ0n) is 13.5. The Labute approximate surface area is 148 Å². The predicted octanol–water partition coefficient (Wildman–Crippen LogP) is 1.56. The van der Waals surface area contributed by atoms with Crippen LogP contribution in [0.5, 0.6) is 0 Å². The summed E-state index contributed by atoms with van der Waals surface area (Å²) in [5, 5.41) is 23.2. The number of hydrogen-bond acceptors (Lipinski definition) is 6. The number of fused-ring (bicyclic) bond motifs is 2. The summed E-state index contributed by atoms with van der Waals surface area (Å²) in [6.07, 6.45) is -0.199. The lowest BCUT2D eigenvalue weighted by molar-refractivity contribution is 0.0745. The highest BCUT2D eigenvalue weighted by molar-refractivity contribution is 7.16. The van der Waals surface area contributed by atoms with Crippen LogP contribution < -0.4 is 0 Å². The van der Waals surface area contributed by atoms with Crippen molar-refractivity contribution in [2.75, 3.05) is 13.2 Å². The van der Waals surface area contributed by atoms with Gasteiger partial charge in [0.2, 0.25) is 0 Å². The van der Waals surface area contributed by atoms with Gasteiger partial charge in [0, 0.05) is 18.7 Å². The molecular formula is C17H18N4O3S. The largest absolute Gasteiger partial charge is 0.393 e. The van der Waals surface area contributed by atoms with Crippen molar-refractivity contribution in [2.45, 2.75) is 25.6 Å². The summed E-state index contributed by atoms with van der Waals surface area (Å²) in [6.45, 7) is 1.41. The molecule has 130 valence electrons. The summed E-state index contributed by atoms with van der Waals surface area (Å²) in [5.74, 6) is -0.0193. The Morgan fingerprint density at radius 2 is 2.20 bits per heavy atom. The summed E-state index contributed by atoms with van der Waals surface area (Å²) in [6, 6.07) is 7.34. The fraction of sp³-hybridized carbons (Fsp3) is 0.353. The molecule has 2 aromatic heterocycles. The number of hydrogen-bond donors (Lipinski definition) is 2. The molecule has 7 nitrogen and oxygen atoms in total. The van der Waals surface area contributed by atoms with Gasteiger partial charge >= 0.3 is 0 Å². The molecule has 4 rings (SSSR count). The van der Waals surface area contributed by atoms with Crippen molar-refractivity contribution < 1.29 is 15.0 Å². The zero-order chi connectivity index (χ0) is 17.4. The topological polar surface area (TPSA) is 91.5 Å². The number of carbonyl (C=O) groups is 1. The second-order valence-corrected chi connectivity index (χ2v) is 6.98. The number of aryl methyl sites for hydroxylation is 1. The van der Waals surface area contributed by atoms with E-state index in [9.17, 15) is 9.90 Å². The van der Waals surface area contributed by atoms with Crippen molar-refractivity contribution in [3.63, 3.8) is 0 Å². The van der Waals surface area contributed by atoms with Gasteiger partial charge in [0.15, 0.2) is 0 Å². The normalized spacial score (nSPS) is 15.8. The first kappa shape index (κ1) is 16.2. The molecule has 3 heterocycles. The van der Waals surface area contributed by atoms with Gasteiger partial charge in [0.1, 0.15) is 6.10 Å². The fourth-order valence-corrected chi connectivity index (χ4v) is 3.80. The standard InChI is InChI=1S/C17H18N4O3S/c22-9-15(23)14-7-12-8-20(4-1-5-21(12)19-14)17(24)11-2-3-13-16(6-11)25-10-18-13/h2-3,6-7,10,15,22-23H,1,4-5,8-9H2/t15-/m0/s1. The summed E-state index contributed by atoms with van der Waals surface area (Å²) in [7, 11) is 0. The number of thiazole rings is 1. The minimum atomic E-state index is -0.989. The minimum absolute atomic E-state index is 0.0193. The van der Waals surface area contributed by atoms with E-state index in [0.29, 0.717) is 30.9 Å². The minimum Gasteiger partial charge on any atom is -0.393 e. The highest BCUT2D eigenvalue weighted by Crippen LogP contribution is 2.22. The number of aliphatic hydroxyl groups is 2. The van der Waals surface area contributed by atoms with Crippen molar-refractivity contribution in [3.8, 4) is 0 Å². The second-order valence-electron chi connectivity index (χ2n) is 6.10. The van der Waals surface area contributed by atoms with Gasteiger partial charge in [0.25, 0.3) is 5.91 Å². The van der Waals surface area contributed by atoms with E-state index in [2.05, 4.69) is 10.1 Å². The maximum Gasteiger partial charge on any atom is 0.254 e. The molecule has 1 aliphatic rings. The van der Waals surface area contributed by atoms with E-state index >= 15 is 0 Å². The molecule has 1 aromatic carbocycles. The van der Waals surface area contributed by atoms with Gasteiger partial charge < -0.3 is 15.1 Å². The Bertz CT molecular complexity index is 920. The van der Waals surface area contributed by atoms with Crippen LogP contribution >= 0.6 is 11.3 Å². The highest BCUT2D eigenvalue weighted by atomic mass is 32.1. The van der Waals surface area contributed by atoms with Gasteiger partial charge in [-0.3, -0.25) is 9.48 Å². The van der Waals surface area contributed by atoms with Crippen LogP contribution in [-0.4, -0.2) is 48.9 Å². The molecule has 0 bridgehead atoms. The Balaban J connectivity index is 1.59. The average molecular weight is 358 g/mol. The molecule has 0 fully saturated rings. The van der Waals surface area contributed by atoms with Gasteiger partial charge in [0.05, 0.1) is 40.3 Å². The van der Waals surface area contributed by atoms with Crippen molar-refractivity contribution in [2.24, 2.45) is 0 Å². The molecule has 25 heavy (non-hydrogen) atoms. The van der Waals surface area contributed by atoms with Crippen LogP contribution in [0.1, 0.15) is 34.3 Å². The van der Waals surface area contributed by atoms with Crippen molar-refractivity contribution >= 4 is 27.5 Å². The zero-order valence-corrected chi connectivity index (χ0v) is 14.3. The third-order valence-corrected chi connectivity index (χ3v) is 5.20. The van der Waals surface area contributed by atoms with E-state index < -0.39 is 6.10 Å². The number of carbonyl (C=O) groups excluding carboxylic acids is 1. The average Bonchev–Trinajstić information content (AvgIpc) is 3.21. The van der Waals surface area contributed by atoms with E-state index in [1.165, 1.54) is 11.3 Å². The van der Waals surface area contributed by atoms with Crippen molar-refractivity contribution in [1.82, 2.24) is 19.7 Å². The fourth-order valence-electron chi connectivity index (χ4n) is 3.08. The number of amides is 1. The lowest BCUT2D eigenvalue weighted by Gasteiger charge is -2.20. The van der Waals surface area contributed by atoms with Crippen molar-refractivity contribution in [1.29, 1.82) is 0 Å². The molecule has 0 radical (unpaired) electrons. The predicted molar refractivity (Wildman–Crippen MR) is 93.3 cm³/mol. The molecule has 1 aliphatic heterocycles. The number of aromatic nitrogens is 3. The molecule has 0 saturated carbocycles. The SMILES string of the molecule is O=C(c1ccc2ncsc2c1)N1CCCn2nc([C@@H](O)CO)cc2C1. The Morgan fingerprint density at radius 3 is 3.04 bits per heavy atom. The van der Waals surface area contributed by atoms with Crippen LogP contribution in [0.3, 0.4) is 0 Å².